The minimum absolute atomic E-state index is 0.0537. The van der Waals surface area contributed by atoms with E-state index in [0.29, 0.717) is 12.4 Å². The molecule has 0 aliphatic carbocycles. The van der Waals surface area contributed by atoms with Crippen molar-refractivity contribution in [2.75, 3.05) is 0 Å². The minimum atomic E-state index is -0.0537. The second-order valence-corrected chi connectivity index (χ2v) is 6.39. The van der Waals surface area contributed by atoms with Crippen molar-refractivity contribution in [3.8, 4) is 11.6 Å². The van der Waals surface area contributed by atoms with Crippen LogP contribution in [-0.2, 0) is 13.0 Å². The van der Waals surface area contributed by atoms with Crippen LogP contribution < -0.4 is 10.1 Å². The number of thiophene rings is 1. The van der Waals surface area contributed by atoms with Gasteiger partial charge in [0.1, 0.15) is 5.75 Å². The molecule has 5 heteroatoms. The highest BCUT2D eigenvalue weighted by molar-refractivity contribution is 7.14. The van der Waals surface area contributed by atoms with Gasteiger partial charge in [-0.15, -0.1) is 11.3 Å². The van der Waals surface area contributed by atoms with Gasteiger partial charge in [0.2, 0.25) is 5.88 Å². The Bertz CT molecular complexity index is 815. The lowest BCUT2D eigenvalue weighted by Crippen LogP contribution is -2.21. The molecule has 0 atom stereocenters. The molecule has 2 heterocycles. The largest absolute Gasteiger partial charge is 0.439 e. The summed E-state index contributed by atoms with van der Waals surface area (Å²) in [5.41, 5.74) is 0.941. The molecule has 3 aromatic rings. The molecule has 4 nitrogen and oxygen atoms in total. The molecule has 24 heavy (non-hydrogen) atoms. The Balaban J connectivity index is 1.61. The van der Waals surface area contributed by atoms with Gasteiger partial charge < -0.3 is 10.1 Å². The predicted molar refractivity (Wildman–Crippen MR) is 95.6 cm³/mol. The molecule has 1 amide bonds. The highest BCUT2D eigenvalue weighted by Gasteiger charge is 2.09. The number of para-hydroxylation sites is 1. The van der Waals surface area contributed by atoms with Crippen LogP contribution >= 0.6 is 11.3 Å². The number of hydrogen-bond donors (Lipinski definition) is 1. The van der Waals surface area contributed by atoms with E-state index in [9.17, 15) is 4.79 Å². The normalized spacial score (nSPS) is 10.4. The summed E-state index contributed by atoms with van der Waals surface area (Å²) < 4.78 is 5.71. The van der Waals surface area contributed by atoms with E-state index in [0.717, 1.165) is 22.6 Å². The Kier molecular flexibility index (Phi) is 5.23. The van der Waals surface area contributed by atoms with Crippen LogP contribution in [0.25, 0.3) is 0 Å². The average molecular weight is 338 g/mol. The minimum Gasteiger partial charge on any atom is -0.439 e. The van der Waals surface area contributed by atoms with Crippen molar-refractivity contribution >= 4 is 17.2 Å². The monoisotopic (exact) mass is 338 g/mol. The lowest BCUT2D eigenvalue weighted by Gasteiger charge is -2.07. The highest BCUT2D eigenvalue weighted by Crippen LogP contribution is 2.20. The van der Waals surface area contributed by atoms with Gasteiger partial charge >= 0.3 is 0 Å². The van der Waals surface area contributed by atoms with Crippen LogP contribution in [0.1, 0.15) is 27.0 Å². The van der Waals surface area contributed by atoms with E-state index in [1.54, 1.807) is 6.20 Å². The Morgan fingerprint density at radius 1 is 1.17 bits per heavy atom. The van der Waals surface area contributed by atoms with Crippen LogP contribution in [0.3, 0.4) is 0 Å². The van der Waals surface area contributed by atoms with E-state index in [2.05, 4.69) is 17.2 Å². The number of aryl methyl sites for hydroxylation is 1. The number of hydrogen-bond acceptors (Lipinski definition) is 4. The van der Waals surface area contributed by atoms with E-state index in [1.807, 2.05) is 54.6 Å². The van der Waals surface area contributed by atoms with Crippen molar-refractivity contribution < 1.29 is 9.53 Å². The molecule has 0 aliphatic heterocycles. The fourth-order valence-corrected chi connectivity index (χ4v) is 3.05. The quantitative estimate of drug-likeness (QED) is 0.723. The van der Waals surface area contributed by atoms with E-state index in [4.69, 9.17) is 4.74 Å². The maximum atomic E-state index is 12.2. The van der Waals surface area contributed by atoms with Crippen molar-refractivity contribution in [2.45, 2.75) is 19.9 Å². The second kappa shape index (κ2) is 7.75. The highest BCUT2D eigenvalue weighted by atomic mass is 32.1. The van der Waals surface area contributed by atoms with Crippen molar-refractivity contribution in [1.29, 1.82) is 0 Å². The molecule has 0 fully saturated rings. The fraction of sp³-hybridized carbons (Fsp3) is 0.158. The summed E-state index contributed by atoms with van der Waals surface area (Å²) in [5, 5.41) is 2.93. The molecular weight excluding hydrogens is 320 g/mol. The maximum Gasteiger partial charge on any atom is 0.261 e. The number of nitrogens with zero attached hydrogens (tertiary/aromatic N) is 1. The molecule has 0 spiro atoms. The van der Waals surface area contributed by atoms with Crippen LogP contribution in [0.2, 0.25) is 0 Å². The molecule has 1 N–H and O–H groups in total. The topological polar surface area (TPSA) is 51.2 Å². The third-order valence-electron chi connectivity index (χ3n) is 3.45. The van der Waals surface area contributed by atoms with Gasteiger partial charge in [0, 0.05) is 23.7 Å². The van der Waals surface area contributed by atoms with Gasteiger partial charge in [-0.2, -0.15) is 0 Å². The van der Waals surface area contributed by atoms with Gasteiger partial charge in [0.15, 0.2) is 0 Å². The summed E-state index contributed by atoms with van der Waals surface area (Å²) in [4.78, 5) is 18.3. The first-order valence-electron chi connectivity index (χ1n) is 7.79. The Labute approximate surface area is 145 Å². The first-order valence-corrected chi connectivity index (χ1v) is 8.61. The maximum absolute atomic E-state index is 12.2. The van der Waals surface area contributed by atoms with Crippen molar-refractivity contribution in [3.05, 3.63) is 76.1 Å². The molecule has 122 valence electrons. The number of carbonyl (C=O) groups excluding carboxylic acids is 1. The zero-order valence-electron chi connectivity index (χ0n) is 13.4. The lowest BCUT2D eigenvalue weighted by molar-refractivity contribution is 0.0955. The molecule has 0 unspecified atom stereocenters. The van der Waals surface area contributed by atoms with Gasteiger partial charge in [0.05, 0.1) is 4.88 Å². The molecule has 0 saturated carbocycles. The van der Waals surface area contributed by atoms with Crippen molar-refractivity contribution in [2.24, 2.45) is 0 Å². The molecule has 3 rings (SSSR count). The van der Waals surface area contributed by atoms with E-state index in [-0.39, 0.29) is 5.91 Å². The number of aromatic nitrogens is 1. The molecule has 0 radical (unpaired) electrons. The third-order valence-corrected chi connectivity index (χ3v) is 4.68. The second-order valence-electron chi connectivity index (χ2n) is 5.22. The number of carbonyl (C=O) groups is 1. The summed E-state index contributed by atoms with van der Waals surface area (Å²) in [6.07, 6.45) is 2.63. The lowest BCUT2D eigenvalue weighted by atomic mass is 10.2. The van der Waals surface area contributed by atoms with Gasteiger partial charge in [-0.3, -0.25) is 4.79 Å². The number of rotatable bonds is 6. The number of amides is 1. The summed E-state index contributed by atoms with van der Waals surface area (Å²) >= 11 is 1.53. The Morgan fingerprint density at radius 2 is 2.00 bits per heavy atom. The fourth-order valence-electron chi connectivity index (χ4n) is 2.18. The number of nitrogens with one attached hydrogen (secondary N) is 1. The molecule has 1 aromatic carbocycles. The first-order chi connectivity index (χ1) is 11.7. The Hall–Kier alpha value is -2.66. The first kappa shape index (κ1) is 16.2. The predicted octanol–water partition coefficient (Wildman–Crippen LogP) is 4.43. The zero-order valence-corrected chi connectivity index (χ0v) is 14.2. The van der Waals surface area contributed by atoms with Gasteiger partial charge in [-0.25, -0.2) is 4.98 Å². The summed E-state index contributed by atoms with van der Waals surface area (Å²) in [7, 11) is 0. The standard InChI is InChI=1S/C19H18N2O2S/c1-2-16-8-9-17(24-16)19(22)21-13-14-10-11-20-18(12-14)23-15-6-4-3-5-7-15/h3-12H,2,13H2,1H3,(H,21,22). The van der Waals surface area contributed by atoms with Gasteiger partial charge in [-0.1, -0.05) is 25.1 Å². The van der Waals surface area contributed by atoms with Gasteiger partial charge in [-0.05, 0) is 42.3 Å². The third kappa shape index (κ3) is 4.20. The number of benzene rings is 1. The van der Waals surface area contributed by atoms with E-state index in [1.165, 1.54) is 16.2 Å². The molecular formula is C19H18N2O2S. The SMILES string of the molecule is CCc1ccc(C(=O)NCc2ccnc(Oc3ccccc3)c2)s1. The summed E-state index contributed by atoms with van der Waals surface area (Å²) in [6.45, 7) is 2.52. The van der Waals surface area contributed by atoms with Crippen LogP contribution in [-0.4, -0.2) is 10.9 Å². The average Bonchev–Trinajstić information content (AvgIpc) is 3.10. The van der Waals surface area contributed by atoms with Gasteiger partial charge in [0.25, 0.3) is 5.91 Å². The van der Waals surface area contributed by atoms with Crippen molar-refractivity contribution in [3.63, 3.8) is 0 Å². The molecule has 0 aliphatic rings. The summed E-state index contributed by atoms with van der Waals surface area (Å²) in [6, 6.07) is 17.1. The molecule has 0 saturated heterocycles. The Morgan fingerprint density at radius 3 is 2.75 bits per heavy atom. The zero-order chi connectivity index (χ0) is 16.8. The van der Waals surface area contributed by atoms with Crippen molar-refractivity contribution in [1.82, 2.24) is 10.3 Å². The van der Waals surface area contributed by atoms with Crippen LogP contribution in [0.5, 0.6) is 11.6 Å². The molecule has 2 aromatic heterocycles. The molecule has 0 bridgehead atoms. The van der Waals surface area contributed by atoms with Crippen LogP contribution in [0, 0.1) is 0 Å². The smallest absolute Gasteiger partial charge is 0.261 e. The number of ether oxygens (including phenoxy) is 1. The number of pyridine rings is 1. The van der Waals surface area contributed by atoms with Crippen LogP contribution in [0.15, 0.2) is 60.8 Å². The van der Waals surface area contributed by atoms with E-state index >= 15 is 0 Å². The summed E-state index contributed by atoms with van der Waals surface area (Å²) in [5.74, 6) is 1.19. The van der Waals surface area contributed by atoms with Crippen LogP contribution in [0.4, 0.5) is 0 Å². The van der Waals surface area contributed by atoms with E-state index < -0.39 is 0 Å².